The third-order valence-electron chi connectivity index (χ3n) is 3.37. The lowest BCUT2D eigenvalue weighted by atomic mass is 10.1. The third kappa shape index (κ3) is 7.13. The van der Waals surface area contributed by atoms with Crippen LogP contribution < -0.4 is 11.1 Å². The number of amides is 3. The number of unbranched alkanes of at least 4 members (excludes halogenated alkanes) is 2. The lowest BCUT2D eigenvalue weighted by Gasteiger charge is -2.21. The smallest absolute Gasteiger partial charge is 0.312 e. The molecule has 0 bridgehead atoms. The molecular formula is C17H25N3O4. The number of hydrogen-bond donors (Lipinski definition) is 2. The summed E-state index contributed by atoms with van der Waals surface area (Å²) in [6.45, 7) is 0.482. The van der Waals surface area contributed by atoms with Crippen LogP contribution in [-0.4, -0.2) is 43.4 Å². The summed E-state index contributed by atoms with van der Waals surface area (Å²) in [4.78, 5) is 36.2. The second-order valence-electron chi connectivity index (χ2n) is 5.61. The van der Waals surface area contributed by atoms with Crippen LogP contribution in [-0.2, 0) is 14.3 Å². The Labute approximate surface area is 142 Å². The zero-order valence-corrected chi connectivity index (χ0v) is 14.2. The van der Waals surface area contributed by atoms with Gasteiger partial charge in [0.15, 0.2) is 0 Å². The van der Waals surface area contributed by atoms with E-state index in [0.717, 1.165) is 12.8 Å². The highest BCUT2D eigenvalue weighted by atomic mass is 16.5. The molecule has 0 aliphatic rings. The Bertz CT molecular complexity index is 546. The minimum absolute atomic E-state index is 0.223. The molecule has 1 aromatic carbocycles. The van der Waals surface area contributed by atoms with Gasteiger partial charge in [0.25, 0.3) is 5.91 Å². The molecule has 0 aromatic heterocycles. The minimum Gasteiger partial charge on any atom is -0.447 e. The van der Waals surface area contributed by atoms with E-state index < -0.39 is 18.1 Å². The summed E-state index contributed by atoms with van der Waals surface area (Å²) in [5.74, 6) is -0.692. The molecule has 0 heterocycles. The Balaban J connectivity index is 2.47. The summed E-state index contributed by atoms with van der Waals surface area (Å²) in [5.41, 5.74) is 5.61. The third-order valence-corrected chi connectivity index (χ3v) is 3.37. The van der Waals surface area contributed by atoms with E-state index in [-0.39, 0.29) is 12.3 Å². The topological polar surface area (TPSA) is 102 Å². The largest absolute Gasteiger partial charge is 0.447 e. The average molecular weight is 335 g/mol. The number of rotatable bonds is 9. The molecule has 0 saturated heterocycles. The molecule has 7 heteroatoms. The van der Waals surface area contributed by atoms with Gasteiger partial charge in [-0.2, -0.15) is 0 Å². The summed E-state index contributed by atoms with van der Waals surface area (Å²) in [5, 5.41) is 2.49. The van der Waals surface area contributed by atoms with Gasteiger partial charge in [0.05, 0.1) is 0 Å². The fourth-order valence-corrected chi connectivity index (χ4v) is 2.10. The van der Waals surface area contributed by atoms with Gasteiger partial charge in [0, 0.05) is 32.6 Å². The van der Waals surface area contributed by atoms with E-state index in [1.807, 2.05) is 6.07 Å². The molecular weight excluding hydrogens is 310 g/mol. The fourth-order valence-electron chi connectivity index (χ4n) is 2.10. The van der Waals surface area contributed by atoms with Crippen molar-refractivity contribution in [3.8, 4) is 0 Å². The van der Waals surface area contributed by atoms with Crippen molar-refractivity contribution in [2.75, 3.05) is 20.6 Å². The number of carbonyl (C=O) groups excluding carboxylic acids is 3. The monoisotopic (exact) mass is 335 g/mol. The number of primary amides is 1. The number of carbonyl (C=O) groups is 3. The first-order valence-corrected chi connectivity index (χ1v) is 7.90. The minimum atomic E-state index is -0.926. The van der Waals surface area contributed by atoms with E-state index in [2.05, 4.69) is 5.32 Å². The number of esters is 1. The first-order valence-electron chi connectivity index (χ1n) is 7.90. The van der Waals surface area contributed by atoms with E-state index in [4.69, 9.17) is 10.5 Å². The molecule has 0 aliphatic heterocycles. The Kier molecular flexibility index (Phi) is 8.32. The van der Waals surface area contributed by atoms with Crippen LogP contribution in [0.1, 0.15) is 37.4 Å². The number of nitrogens with one attached hydrogen (secondary N) is 1. The number of nitrogens with zero attached hydrogens (tertiary/aromatic N) is 1. The normalized spacial score (nSPS) is 11.4. The van der Waals surface area contributed by atoms with Crippen LogP contribution in [0.3, 0.4) is 0 Å². The van der Waals surface area contributed by atoms with Gasteiger partial charge < -0.3 is 20.7 Å². The zero-order chi connectivity index (χ0) is 17.9. The molecule has 24 heavy (non-hydrogen) atoms. The SMILES string of the molecule is CN(C)C(=O)[C@H](OC(=O)CCCCCNC(N)=O)c1ccccc1. The van der Waals surface area contributed by atoms with Gasteiger partial charge >= 0.3 is 12.0 Å². The molecule has 0 fully saturated rings. The molecule has 132 valence electrons. The molecule has 0 spiro atoms. The van der Waals surface area contributed by atoms with E-state index in [0.29, 0.717) is 18.5 Å². The van der Waals surface area contributed by atoms with Crippen molar-refractivity contribution in [3.05, 3.63) is 35.9 Å². The van der Waals surface area contributed by atoms with E-state index in [1.165, 1.54) is 4.90 Å². The molecule has 1 aromatic rings. The van der Waals surface area contributed by atoms with Gasteiger partial charge in [-0.15, -0.1) is 0 Å². The molecule has 3 amide bonds. The highest BCUT2D eigenvalue weighted by molar-refractivity contribution is 5.84. The average Bonchev–Trinajstić information content (AvgIpc) is 2.55. The number of likely N-dealkylation sites (N-methyl/N-ethyl adjacent to an activating group) is 1. The van der Waals surface area contributed by atoms with Gasteiger partial charge in [-0.05, 0) is 12.8 Å². The zero-order valence-electron chi connectivity index (χ0n) is 14.2. The summed E-state index contributed by atoms with van der Waals surface area (Å²) in [6.07, 6.45) is 1.41. The van der Waals surface area contributed by atoms with Crippen molar-refractivity contribution < 1.29 is 19.1 Å². The van der Waals surface area contributed by atoms with E-state index in [9.17, 15) is 14.4 Å². The second-order valence-corrected chi connectivity index (χ2v) is 5.61. The van der Waals surface area contributed by atoms with Gasteiger partial charge in [-0.25, -0.2) is 4.79 Å². The van der Waals surface area contributed by atoms with Gasteiger partial charge in [-0.1, -0.05) is 36.8 Å². The number of ether oxygens (including phenoxy) is 1. The van der Waals surface area contributed by atoms with Crippen LogP contribution in [0.5, 0.6) is 0 Å². The van der Waals surface area contributed by atoms with Crippen LogP contribution >= 0.6 is 0 Å². The van der Waals surface area contributed by atoms with Crippen molar-refractivity contribution >= 4 is 17.9 Å². The Morgan fingerprint density at radius 2 is 1.79 bits per heavy atom. The van der Waals surface area contributed by atoms with Gasteiger partial charge in [0.2, 0.25) is 6.10 Å². The summed E-state index contributed by atoms with van der Waals surface area (Å²) < 4.78 is 5.38. The molecule has 7 nitrogen and oxygen atoms in total. The van der Waals surface area contributed by atoms with Crippen molar-refractivity contribution in [1.29, 1.82) is 0 Å². The van der Waals surface area contributed by atoms with Crippen molar-refractivity contribution in [2.24, 2.45) is 5.73 Å². The lowest BCUT2D eigenvalue weighted by molar-refractivity contribution is -0.159. The number of hydrogen-bond acceptors (Lipinski definition) is 4. The van der Waals surface area contributed by atoms with Gasteiger partial charge in [-0.3, -0.25) is 9.59 Å². The number of nitrogens with two attached hydrogens (primary N) is 1. The molecule has 3 N–H and O–H groups in total. The highest BCUT2D eigenvalue weighted by Crippen LogP contribution is 2.20. The van der Waals surface area contributed by atoms with Gasteiger partial charge in [0.1, 0.15) is 0 Å². The molecule has 1 atom stereocenters. The first-order chi connectivity index (χ1) is 11.4. The number of benzene rings is 1. The van der Waals surface area contributed by atoms with Crippen molar-refractivity contribution in [3.63, 3.8) is 0 Å². The van der Waals surface area contributed by atoms with Crippen molar-refractivity contribution in [1.82, 2.24) is 10.2 Å². The molecule has 0 aliphatic carbocycles. The van der Waals surface area contributed by atoms with Crippen LogP contribution in [0.25, 0.3) is 0 Å². The second kappa shape index (κ2) is 10.3. The highest BCUT2D eigenvalue weighted by Gasteiger charge is 2.26. The number of urea groups is 1. The van der Waals surface area contributed by atoms with E-state index >= 15 is 0 Å². The maximum absolute atomic E-state index is 12.3. The Morgan fingerprint density at radius 1 is 1.12 bits per heavy atom. The predicted octanol–water partition coefficient (Wildman–Crippen LogP) is 1.59. The molecule has 1 rings (SSSR count). The standard InChI is InChI=1S/C17H25N3O4/c1-20(2)16(22)15(13-9-5-3-6-10-13)24-14(21)11-7-4-8-12-19-17(18)23/h3,5-6,9-10,15H,4,7-8,11-12H2,1-2H3,(H3,18,19,23)/t15-/m1/s1. The molecule has 0 saturated carbocycles. The first kappa shape index (κ1) is 19.5. The summed E-state index contributed by atoms with van der Waals surface area (Å²) >= 11 is 0. The fraction of sp³-hybridized carbons (Fsp3) is 0.471. The summed E-state index contributed by atoms with van der Waals surface area (Å²) in [7, 11) is 3.25. The lowest BCUT2D eigenvalue weighted by Crippen LogP contribution is -2.31. The van der Waals surface area contributed by atoms with Crippen molar-refractivity contribution in [2.45, 2.75) is 31.8 Å². The van der Waals surface area contributed by atoms with Crippen LogP contribution in [0.4, 0.5) is 4.79 Å². The maximum Gasteiger partial charge on any atom is 0.312 e. The van der Waals surface area contributed by atoms with Crippen LogP contribution in [0.15, 0.2) is 30.3 Å². The summed E-state index contributed by atoms with van der Waals surface area (Å²) in [6, 6.07) is 8.39. The molecule has 0 radical (unpaired) electrons. The quantitative estimate of drug-likeness (QED) is 0.528. The van der Waals surface area contributed by atoms with Crippen LogP contribution in [0, 0.1) is 0 Å². The Morgan fingerprint density at radius 3 is 2.38 bits per heavy atom. The maximum atomic E-state index is 12.3. The van der Waals surface area contributed by atoms with Crippen LogP contribution in [0.2, 0.25) is 0 Å². The predicted molar refractivity (Wildman–Crippen MR) is 90.0 cm³/mol. The Hall–Kier alpha value is -2.57. The van der Waals surface area contributed by atoms with E-state index in [1.54, 1.807) is 38.4 Å². The molecule has 0 unspecified atom stereocenters.